The zero-order valence-corrected chi connectivity index (χ0v) is 22.9. The van der Waals surface area contributed by atoms with E-state index in [9.17, 15) is 22.4 Å². The van der Waals surface area contributed by atoms with E-state index in [2.05, 4.69) is 5.32 Å². The number of para-hydroxylation sites is 1. The topological polar surface area (TPSA) is 86.8 Å². The van der Waals surface area contributed by atoms with Crippen LogP contribution in [-0.4, -0.2) is 44.3 Å². The lowest BCUT2D eigenvalue weighted by atomic mass is 10.1. The minimum absolute atomic E-state index is 0.00173. The maximum absolute atomic E-state index is 14.9. The number of anilines is 1. The lowest BCUT2D eigenvalue weighted by Gasteiger charge is -2.32. The Labute approximate surface area is 228 Å². The molecule has 0 unspecified atom stereocenters. The zero-order chi connectivity index (χ0) is 27.7. The van der Waals surface area contributed by atoms with Gasteiger partial charge in [0.05, 0.1) is 10.6 Å². The van der Waals surface area contributed by atoms with Crippen molar-refractivity contribution in [1.82, 2.24) is 10.2 Å². The van der Waals surface area contributed by atoms with Crippen molar-refractivity contribution in [3.05, 3.63) is 95.3 Å². The van der Waals surface area contributed by atoms with Gasteiger partial charge in [-0.3, -0.25) is 13.9 Å². The maximum atomic E-state index is 14.9. The van der Waals surface area contributed by atoms with Crippen LogP contribution in [0.1, 0.15) is 32.3 Å². The minimum Gasteiger partial charge on any atom is -0.354 e. The number of carbonyl (C=O) groups is 2. The quantitative estimate of drug-likeness (QED) is 0.316. The van der Waals surface area contributed by atoms with E-state index < -0.39 is 34.3 Å². The Bertz CT molecular complexity index is 1350. The molecule has 0 bridgehead atoms. The Hall–Kier alpha value is -3.43. The molecule has 3 aromatic rings. The SMILES string of the molecule is CCCCNC(=O)[C@H](C)N(Cc1cccc(Cl)c1)C(=O)CN(c1ccccc1F)S(=O)(=O)c1ccccc1. The molecule has 0 aliphatic heterocycles. The molecule has 3 rings (SSSR count). The number of hydrogen-bond donors (Lipinski definition) is 1. The molecular weight excluding hydrogens is 529 g/mol. The van der Waals surface area contributed by atoms with Gasteiger partial charge >= 0.3 is 0 Å². The molecule has 0 fully saturated rings. The average molecular weight is 560 g/mol. The Balaban J connectivity index is 2.00. The van der Waals surface area contributed by atoms with Crippen LogP contribution < -0.4 is 9.62 Å². The van der Waals surface area contributed by atoms with E-state index in [-0.39, 0.29) is 23.0 Å². The molecule has 0 aromatic heterocycles. The van der Waals surface area contributed by atoms with Gasteiger partial charge in [0.25, 0.3) is 10.0 Å². The highest BCUT2D eigenvalue weighted by atomic mass is 35.5. The number of nitrogens with one attached hydrogen (secondary N) is 1. The van der Waals surface area contributed by atoms with Crippen molar-refractivity contribution in [1.29, 1.82) is 0 Å². The third kappa shape index (κ3) is 7.33. The number of hydrogen-bond acceptors (Lipinski definition) is 4. The van der Waals surface area contributed by atoms with Crippen molar-refractivity contribution in [2.24, 2.45) is 0 Å². The van der Waals surface area contributed by atoms with Crippen molar-refractivity contribution in [2.45, 2.75) is 44.2 Å². The maximum Gasteiger partial charge on any atom is 0.264 e. The number of sulfonamides is 1. The van der Waals surface area contributed by atoms with Crippen molar-refractivity contribution in [3.8, 4) is 0 Å². The van der Waals surface area contributed by atoms with Gasteiger partial charge in [-0.05, 0) is 55.3 Å². The standard InChI is InChI=1S/C28H31ClFN3O4S/c1-3-4-17-31-28(35)21(2)32(19-22-11-10-12-23(29)18-22)27(34)20-33(26-16-9-8-15-25(26)30)38(36,37)24-13-6-5-7-14-24/h5-16,18,21H,3-4,17,19-20H2,1-2H3,(H,31,35)/t21-/m0/s1. The monoisotopic (exact) mass is 559 g/mol. The Morgan fingerprint density at radius 3 is 2.34 bits per heavy atom. The molecule has 3 aromatic carbocycles. The van der Waals surface area contributed by atoms with Crippen molar-refractivity contribution in [3.63, 3.8) is 0 Å². The number of nitrogens with zero attached hydrogens (tertiary/aromatic N) is 2. The molecule has 0 saturated carbocycles. The molecule has 0 aliphatic rings. The number of amides is 2. The molecule has 0 spiro atoms. The number of carbonyl (C=O) groups excluding carboxylic acids is 2. The molecule has 2 amide bonds. The fourth-order valence-electron chi connectivity index (χ4n) is 3.84. The Morgan fingerprint density at radius 1 is 1.00 bits per heavy atom. The molecule has 10 heteroatoms. The van der Waals surface area contributed by atoms with Crippen molar-refractivity contribution < 1.29 is 22.4 Å². The molecule has 7 nitrogen and oxygen atoms in total. The molecule has 1 atom stereocenters. The highest BCUT2D eigenvalue weighted by molar-refractivity contribution is 7.92. The fourth-order valence-corrected chi connectivity index (χ4v) is 5.49. The van der Waals surface area contributed by atoms with Gasteiger partial charge in [-0.2, -0.15) is 0 Å². The van der Waals surface area contributed by atoms with E-state index in [0.717, 1.165) is 23.2 Å². The lowest BCUT2D eigenvalue weighted by Crippen LogP contribution is -2.51. The summed E-state index contributed by atoms with van der Waals surface area (Å²) in [4.78, 5) is 27.9. The van der Waals surface area contributed by atoms with Crippen LogP contribution in [0.15, 0.2) is 83.8 Å². The highest BCUT2D eigenvalue weighted by Gasteiger charge is 2.33. The molecule has 1 N–H and O–H groups in total. The van der Waals surface area contributed by atoms with Gasteiger partial charge in [-0.15, -0.1) is 0 Å². The fraction of sp³-hybridized carbons (Fsp3) is 0.286. The first-order chi connectivity index (χ1) is 18.1. The Kier molecular flexibility index (Phi) is 10.3. The summed E-state index contributed by atoms with van der Waals surface area (Å²) in [5, 5.41) is 3.27. The summed E-state index contributed by atoms with van der Waals surface area (Å²) >= 11 is 6.13. The first-order valence-corrected chi connectivity index (χ1v) is 14.1. The van der Waals surface area contributed by atoms with Crippen LogP contribution in [0.4, 0.5) is 10.1 Å². The van der Waals surface area contributed by atoms with Gasteiger partial charge in [-0.25, -0.2) is 12.8 Å². The molecule has 38 heavy (non-hydrogen) atoms. The summed E-state index contributed by atoms with van der Waals surface area (Å²) in [6.07, 6.45) is 1.66. The summed E-state index contributed by atoms with van der Waals surface area (Å²) in [7, 11) is -4.32. The summed E-state index contributed by atoms with van der Waals surface area (Å²) < 4.78 is 42.9. The molecule has 0 saturated heterocycles. The van der Waals surface area contributed by atoms with Crippen LogP contribution >= 0.6 is 11.6 Å². The third-order valence-electron chi connectivity index (χ3n) is 5.97. The number of unbranched alkanes of at least 4 members (excludes halogenated alkanes) is 1. The summed E-state index contributed by atoms with van der Waals surface area (Å²) in [5.41, 5.74) is 0.384. The highest BCUT2D eigenvalue weighted by Crippen LogP contribution is 2.27. The van der Waals surface area contributed by atoms with E-state index in [4.69, 9.17) is 11.6 Å². The van der Waals surface area contributed by atoms with E-state index in [0.29, 0.717) is 17.1 Å². The predicted molar refractivity (Wildman–Crippen MR) is 147 cm³/mol. The Morgan fingerprint density at radius 2 is 1.68 bits per heavy atom. The first kappa shape index (κ1) is 29.1. The molecule has 0 aliphatic carbocycles. The van der Waals surface area contributed by atoms with Crippen LogP contribution in [0.3, 0.4) is 0 Å². The van der Waals surface area contributed by atoms with Crippen molar-refractivity contribution >= 4 is 39.1 Å². The normalized spacial score (nSPS) is 12.0. The zero-order valence-electron chi connectivity index (χ0n) is 21.3. The third-order valence-corrected chi connectivity index (χ3v) is 7.98. The molecule has 0 heterocycles. The second kappa shape index (κ2) is 13.4. The largest absolute Gasteiger partial charge is 0.354 e. The lowest BCUT2D eigenvalue weighted by molar-refractivity contribution is -0.139. The molecule has 0 radical (unpaired) electrons. The van der Waals surface area contributed by atoms with Crippen LogP contribution in [-0.2, 0) is 26.2 Å². The number of rotatable bonds is 12. The van der Waals surface area contributed by atoms with E-state index in [1.807, 2.05) is 6.92 Å². The van der Waals surface area contributed by atoms with Gasteiger partial charge in [0.15, 0.2) is 0 Å². The first-order valence-electron chi connectivity index (χ1n) is 12.3. The summed E-state index contributed by atoms with van der Waals surface area (Å²) in [5.74, 6) is -1.85. The van der Waals surface area contributed by atoms with Gasteiger partial charge < -0.3 is 10.2 Å². The summed E-state index contributed by atoms with van der Waals surface area (Å²) in [6.45, 7) is 3.30. The van der Waals surface area contributed by atoms with Crippen LogP contribution in [0.5, 0.6) is 0 Å². The van der Waals surface area contributed by atoms with Crippen LogP contribution in [0.25, 0.3) is 0 Å². The van der Waals surface area contributed by atoms with Crippen LogP contribution in [0.2, 0.25) is 5.02 Å². The van der Waals surface area contributed by atoms with Gasteiger partial charge in [0, 0.05) is 18.1 Å². The minimum atomic E-state index is -4.32. The van der Waals surface area contributed by atoms with E-state index >= 15 is 0 Å². The number of benzene rings is 3. The van der Waals surface area contributed by atoms with Gasteiger partial charge in [-0.1, -0.05) is 67.4 Å². The molecule has 202 valence electrons. The second-order valence-corrected chi connectivity index (χ2v) is 11.0. The van der Waals surface area contributed by atoms with E-state index in [1.165, 1.54) is 35.2 Å². The van der Waals surface area contributed by atoms with Crippen LogP contribution in [0, 0.1) is 5.82 Å². The second-order valence-electron chi connectivity index (χ2n) is 8.75. The smallest absolute Gasteiger partial charge is 0.264 e. The summed E-state index contributed by atoms with van der Waals surface area (Å²) in [6, 6.07) is 18.7. The molecular formula is C28H31ClFN3O4S. The number of halogens is 2. The van der Waals surface area contributed by atoms with Gasteiger partial charge in [0.2, 0.25) is 11.8 Å². The van der Waals surface area contributed by atoms with Crippen molar-refractivity contribution in [2.75, 3.05) is 17.4 Å². The van der Waals surface area contributed by atoms with E-state index in [1.54, 1.807) is 49.4 Å². The predicted octanol–water partition coefficient (Wildman–Crippen LogP) is 5.01. The average Bonchev–Trinajstić information content (AvgIpc) is 2.91. The van der Waals surface area contributed by atoms with Gasteiger partial charge in [0.1, 0.15) is 18.4 Å².